The summed E-state index contributed by atoms with van der Waals surface area (Å²) in [6.45, 7) is 7.67. The minimum absolute atomic E-state index is 0.224. The molecule has 3 nitrogen and oxygen atoms in total. The number of hydrogen-bond donors (Lipinski definition) is 0. The zero-order valence-electron chi connectivity index (χ0n) is 11.3. The SMILES string of the molecule is CC(=O)CCOCC1CC2CCC1N2C(C)C. The summed E-state index contributed by atoms with van der Waals surface area (Å²) >= 11 is 0. The van der Waals surface area contributed by atoms with Gasteiger partial charge in [0.25, 0.3) is 0 Å². The van der Waals surface area contributed by atoms with Crippen LogP contribution in [0.3, 0.4) is 0 Å². The van der Waals surface area contributed by atoms with E-state index in [1.54, 1.807) is 6.92 Å². The molecule has 0 aliphatic carbocycles. The number of rotatable bonds is 6. The number of carbonyl (C=O) groups excluding carboxylic acids is 1. The van der Waals surface area contributed by atoms with Crippen molar-refractivity contribution in [3.63, 3.8) is 0 Å². The summed E-state index contributed by atoms with van der Waals surface area (Å²) < 4.78 is 5.66. The van der Waals surface area contributed by atoms with E-state index in [9.17, 15) is 4.79 Å². The normalized spacial score (nSPS) is 32.6. The third-order valence-corrected chi connectivity index (χ3v) is 4.25. The van der Waals surface area contributed by atoms with Crippen molar-refractivity contribution < 1.29 is 9.53 Å². The first-order valence-electron chi connectivity index (χ1n) is 6.94. The molecule has 3 heteroatoms. The first-order chi connectivity index (χ1) is 8.09. The standard InChI is InChI=1S/C14H25NO2/c1-10(2)15-13-4-5-14(15)12(8-13)9-17-7-6-11(3)16/h10,12-14H,4-9H2,1-3H3. The lowest BCUT2D eigenvalue weighted by Gasteiger charge is -2.27. The van der Waals surface area contributed by atoms with Gasteiger partial charge in [0.05, 0.1) is 13.2 Å². The number of carbonyl (C=O) groups is 1. The van der Waals surface area contributed by atoms with Gasteiger partial charge in [-0.25, -0.2) is 0 Å². The lowest BCUT2D eigenvalue weighted by atomic mass is 9.90. The summed E-state index contributed by atoms with van der Waals surface area (Å²) in [5, 5.41) is 0. The average molecular weight is 239 g/mol. The minimum atomic E-state index is 0.224. The molecule has 0 N–H and O–H groups in total. The van der Waals surface area contributed by atoms with Gasteiger partial charge < -0.3 is 4.74 Å². The molecule has 0 spiro atoms. The van der Waals surface area contributed by atoms with Crippen LogP contribution < -0.4 is 0 Å². The first-order valence-corrected chi connectivity index (χ1v) is 6.94. The molecule has 0 aromatic heterocycles. The van der Waals surface area contributed by atoms with E-state index in [4.69, 9.17) is 4.74 Å². The molecule has 0 aromatic carbocycles. The highest BCUT2D eigenvalue weighted by Gasteiger charge is 2.46. The minimum Gasteiger partial charge on any atom is -0.381 e. The second kappa shape index (κ2) is 5.49. The number of Topliss-reactive ketones (excluding diaryl/α,β-unsaturated/α-hetero) is 1. The number of fused-ring (bicyclic) bond motifs is 2. The molecule has 0 amide bonds. The van der Waals surface area contributed by atoms with Gasteiger partial charge in [-0.1, -0.05) is 0 Å². The largest absolute Gasteiger partial charge is 0.381 e. The van der Waals surface area contributed by atoms with Crippen LogP contribution in [0.2, 0.25) is 0 Å². The number of ether oxygens (including phenoxy) is 1. The van der Waals surface area contributed by atoms with Crippen LogP contribution >= 0.6 is 0 Å². The number of nitrogens with zero attached hydrogens (tertiary/aromatic N) is 1. The summed E-state index contributed by atoms with van der Waals surface area (Å²) in [6.07, 6.45) is 4.56. The van der Waals surface area contributed by atoms with Gasteiger partial charge in [-0.3, -0.25) is 9.69 Å². The Kier molecular flexibility index (Phi) is 4.21. The van der Waals surface area contributed by atoms with Gasteiger partial charge in [0.1, 0.15) is 5.78 Å². The summed E-state index contributed by atoms with van der Waals surface area (Å²) in [5.41, 5.74) is 0. The Labute approximate surface area is 105 Å². The Hall–Kier alpha value is -0.410. The zero-order valence-corrected chi connectivity index (χ0v) is 11.3. The van der Waals surface area contributed by atoms with Crippen LogP contribution in [-0.2, 0) is 9.53 Å². The molecule has 2 rings (SSSR count). The Bertz CT molecular complexity index is 277. The molecule has 0 saturated carbocycles. The highest BCUT2D eigenvalue weighted by molar-refractivity contribution is 5.75. The van der Waals surface area contributed by atoms with E-state index in [-0.39, 0.29) is 5.78 Å². The molecular formula is C14H25NO2. The van der Waals surface area contributed by atoms with E-state index in [1.807, 2.05) is 0 Å². The Morgan fingerprint density at radius 3 is 2.76 bits per heavy atom. The maximum Gasteiger partial charge on any atom is 0.132 e. The second-order valence-electron chi connectivity index (χ2n) is 5.86. The van der Waals surface area contributed by atoms with Crippen LogP contribution in [0.5, 0.6) is 0 Å². The topological polar surface area (TPSA) is 29.5 Å². The van der Waals surface area contributed by atoms with E-state index >= 15 is 0 Å². The maximum atomic E-state index is 10.8. The van der Waals surface area contributed by atoms with Crippen molar-refractivity contribution in [2.75, 3.05) is 13.2 Å². The van der Waals surface area contributed by atoms with Crippen LogP contribution in [0.1, 0.15) is 46.5 Å². The summed E-state index contributed by atoms with van der Waals surface area (Å²) in [7, 11) is 0. The Morgan fingerprint density at radius 2 is 2.18 bits per heavy atom. The van der Waals surface area contributed by atoms with E-state index < -0.39 is 0 Å². The molecule has 17 heavy (non-hydrogen) atoms. The lowest BCUT2D eigenvalue weighted by Crippen LogP contribution is -2.37. The summed E-state index contributed by atoms with van der Waals surface area (Å²) in [6, 6.07) is 2.19. The highest BCUT2D eigenvalue weighted by Crippen LogP contribution is 2.42. The van der Waals surface area contributed by atoms with Gasteiger partial charge in [-0.15, -0.1) is 0 Å². The molecule has 3 atom stereocenters. The van der Waals surface area contributed by atoms with E-state index in [2.05, 4.69) is 18.7 Å². The molecule has 2 fully saturated rings. The van der Waals surface area contributed by atoms with Crippen LogP contribution in [-0.4, -0.2) is 42.0 Å². The third-order valence-electron chi connectivity index (χ3n) is 4.25. The van der Waals surface area contributed by atoms with Gasteiger partial charge >= 0.3 is 0 Å². The van der Waals surface area contributed by atoms with E-state index in [1.165, 1.54) is 19.3 Å². The molecular weight excluding hydrogens is 214 g/mol. The van der Waals surface area contributed by atoms with Crippen molar-refractivity contribution in [2.24, 2.45) is 5.92 Å². The van der Waals surface area contributed by atoms with Crippen molar-refractivity contribution in [1.82, 2.24) is 4.90 Å². The molecule has 2 aliphatic rings. The van der Waals surface area contributed by atoms with Crippen LogP contribution in [0.25, 0.3) is 0 Å². The molecule has 2 aliphatic heterocycles. The molecule has 98 valence electrons. The predicted molar refractivity (Wildman–Crippen MR) is 68.0 cm³/mol. The molecule has 2 saturated heterocycles. The van der Waals surface area contributed by atoms with Crippen molar-refractivity contribution in [2.45, 2.75) is 64.6 Å². The first kappa shape index (κ1) is 13.0. The summed E-state index contributed by atoms with van der Waals surface area (Å²) in [4.78, 5) is 13.5. The van der Waals surface area contributed by atoms with E-state index in [0.29, 0.717) is 25.0 Å². The van der Waals surface area contributed by atoms with Crippen LogP contribution in [0.4, 0.5) is 0 Å². The highest BCUT2D eigenvalue weighted by atomic mass is 16.5. The molecule has 2 heterocycles. The van der Waals surface area contributed by atoms with Gasteiger partial charge in [0.15, 0.2) is 0 Å². The van der Waals surface area contributed by atoms with Crippen molar-refractivity contribution in [1.29, 1.82) is 0 Å². The lowest BCUT2D eigenvalue weighted by molar-refractivity contribution is -0.118. The predicted octanol–water partition coefficient (Wildman–Crippen LogP) is 2.24. The smallest absolute Gasteiger partial charge is 0.132 e. The summed E-state index contributed by atoms with van der Waals surface area (Å²) in [5.74, 6) is 0.921. The van der Waals surface area contributed by atoms with Crippen LogP contribution in [0.15, 0.2) is 0 Å². The van der Waals surface area contributed by atoms with Gasteiger partial charge in [0.2, 0.25) is 0 Å². The maximum absolute atomic E-state index is 10.8. The van der Waals surface area contributed by atoms with Crippen molar-refractivity contribution in [3.05, 3.63) is 0 Å². The van der Waals surface area contributed by atoms with Crippen molar-refractivity contribution in [3.8, 4) is 0 Å². The van der Waals surface area contributed by atoms with Crippen molar-refractivity contribution >= 4 is 5.78 Å². The fourth-order valence-corrected chi connectivity index (χ4v) is 3.59. The zero-order chi connectivity index (χ0) is 12.4. The Morgan fingerprint density at radius 1 is 1.41 bits per heavy atom. The second-order valence-corrected chi connectivity index (χ2v) is 5.86. The van der Waals surface area contributed by atoms with E-state index in [0.717, 1.165) is 18.7 Å². The number of ketones is 1. The Balaban J connectivity index is 1.75. The molecule has 0 radical (unpaired) electrons. The average Bonchev–Trinajstić information content (AvgIpc) is 2.80. The van der Waals surface area contributed by atoms with Crippen LogP contribution in [0, 0.1) is 5.92 Å². The van der Waals surface area contributed by atoms with Gasteiger partial charge in [-0.05, 0) is 46.0 Å². The molecule has 2 bridgehead atoms. The number of hydrogen-bond acceptors (Lipinski definition) is 3. The van der Waals surface area contributed by atoms with Gasteiger partial charge in [-0.2, -0.15) is 0 Å². The van der Waals surface area contributed by atoms with Gasteiger partial charge in [0, 0.05) is 24.5 Å². The fourth-order valence-electron chi connectivity index (χ4n) is 3.59. The fraction of sp³-hybridized carbons (Fsp3) is 0.929. The molecule has 0 aromatic rings. The quantitative estimate of drug-likeness (QED) is 0.666. The monoisotopic (exact) mass is 239 g/mol. The third kappa shape index (κ3) is 2.89. The molecule has 3 unspecified atom stereocenters.